The highest BCUT2D eigenvalue weighted by Crippen LogP contribution is 2.43. The molecule has 5 nitrogen and oxygen atoms in total. The summed E-state index contributed by atoms with van der Waals surface area (Å²) in [7, 11) is 0. The van der Waals surface area contributed by atoms with Crippen molar-refractivity contribution in [1.29, 1.82) is 0 Å². The molecule has 0 bridgehead atoms. The first-order valence-electron chi connectivity index (χ1n) is 5.23. The third kappa shape index (κ3) is 1.39. The normalized spacial score (nSPS) is 19.5. The van der Waals surface area contributed by atoms with E-state index in [2.05, 4.69) is 0 Å². The maximum Gasteiger partial charge on any atom is 0.231 e. The van der Waals surface area contributed by atoms with Crippen LogP contribution in [0.3, 0.4) is 0 Å². The fourth-order valence-electron chi connectivity index (χ4n) is 2.00. The third-order valence-corrected chi connectivity index (χ3v) is 3.18. The predicted octanol–water partition coefficient (Wildman–Crippen LogP) is 1.77. The number of hydrogen-bond donors (Lipinski definition) is 0. The van der Waals surface area contributed by atoms with E-state index in [0.29, 0.717) is 25.0 Å². The molecule has 1 aliphatic carbocycles. The molecule has 0 amide bonds. The number of benzene rings is 1. The lowest BCUT2D eigenvalue weighted by molar-refractivity contribution is -0.538. The Balaban J connectivity index is 1.83. The van der Waals surface area contributed by atoms with E-state index in [9.17, 15) is 10.1 Å². The summed E-state index contributed by atoms with van der Waals surface area (Å²) in [5, 5.41) is 10.9. The van der Waals surface area contributed by atoms with Crippen molar-refractivity contribution in [3.05, 3.63) is 33.9 Å². The van der Waals surface area contributed by atoms with Crippen LogP contribution in [-0.4, -0.2) is 17.3 Å². The first kappa shape index (κ1) is 9.45. The standard InChI is InChI=1S/C11H11NO4/c13-12(14)11(3-4-11)6-8-1-2-9-10(5-8)16-7-15-9/h1-2,5H,3-4,6-7H2. The third-order valence-electron chi connectivity index (χ3n) is 3.18. The van der Waals surface area contributed by atoms with Crippen molar-refractivity contribution >= 4 is 0 Å². The van der Waals surface area contributed by atoms with Crippen LogP contribution in [-0.2, 0) is 6.42 Å². The molecule has 2 aliphatic rings. The predicted molar refractivity (Wildman–Crippen MR) is 55.2 cm³/mol. The van der Waals surface area contributed by atoms with E-state index >= 15 is 0 Å². The Kier molecular flexibility index (Phi) is 1.83. The minimum atomic E-state index is -0.715. The van der Waals surface area contributed by atoms with Gasteiger partial charge in [0.25, 0.3) is 0 Å². The largest absolute Gasteiger partial charge is 0.454 e. The van der Waals surface area contributed by atoms with Gasteiger partial charge in [-0.2, -0.15) is 0 Å². The molecule has 1 aromatic rings. The van der Waals surface area contributed by atoms with E-state index in [4.69, 9.17) is 9.47 Å². The van der Waals surface area contributed by atoms with E-state index in [0.717, 1.165) is 11.3 Å². The van der Waals surface area contributed by atoms with Gasteiger partial charge in [-0.3, -0.25) is 10.1 Å². The molecule has 0 aromatic heterocycles. The molecule has 0 radical (unpaired) electrons. The molecule has 5 heteroatoms. The van der Waals surface area contributed by atoms with Crippen LogP contribution in [0.5, 0.6) is 11.5 Å². The van der Waals surface area contributed by atoms with Gasteiger partial charge in [-0.05, 0) is 17.7 Å². The van der Waals surface area contributed by atoms with E-state index in [1.165, 1.54) is 0 Å². The highest BCUT2D eigenvalue weighted by atomic mass is 16.7. The molecule has 0 saturated heterocycles. The van der Waals surface area contributed by atoms with Crippen molar-refractivity contribution in [3.63, 3.8) is 0 Å². The molecule has 0 N–H and O–H groups in total. The van der Waals surface area contributed by atoms with Crippen molar-refractivity contribution in [2.45, 2.75) is 24.8 Å². The van der Waals surface area contributed by atoms with Gasteiger partial charge in [0.15, 0.2) is 11.5 Å². The van der Waals surface area contributed by atoms with E-state index < -0.39 is 5.54 Å². The molecule has 1 saturated carbocycles. The minimum Gasteiger partial charge on any atom is -0.454 e. The quantitative estimate of drug-likeness (QED) is 0.576. The number of nitrogens with zero attached hydrogens (tertiary/aromatic N) is 1. The lowest BCUT2D eigenvalue weighted by atomic mass is 10.0. The van der Waals surface area contributed by atoms with Gasteiger partial charge in [-0.1, -0.05) is 6.07 Å². The summed E-state index contributed by atoms with van der Waals surface area (Å²) in [5.74, 6) is 1.41. The summed E-state index contributed by atoms with van der Waals surface area (Å²) in [6.07, 6.45) is 1.83. The number of nitro groups is 1. The SMILES string of the molecule is O=[N+]([O-])C1(Cc2ccc3c(c2)OCO3)CC1. The molecule has 16 heavy (non-hydrogen) atoms. The average molecular weight is 221 g/mol. The molecule has 3 rings (SSSR count). The lowest BCUT2D eigenvalue weighted by Crippen LogP contribution is -2.23. The van der Waals surface area contributed by atoms with Gasteiger partial charge in [0.1, 0.15) is 0 Å². The van der Waals surface area contributed by atoms with Gasteiger partial charge < -0.3 is 9.47 Å². The Labute approximate surface area is 92.1 Å². The first-order valence-corrected chi connectivity index (χ1v) is 5.23. The van der Waals surface area contributed by atoms with Gasteiger partial charge in [0.2, 0.25) is 12.3 Å². The molecule has 0 unspecified atom stereocenters. The maximum absolute atomic E-state index is 10.9. The molecule has 1 aromatic carbocycles. The number of ether oxygens (including phenoxy) is 2. The van der Waals surface area contributed by atoms with Crippen LogP contribution in [0.1, 0.15) is 18.4 Å². The van der Waals surface area contributed by atoms with Gasteiger partial charge in [0, 0.05) is 24.2 Å². The molecule has 1 aliphatic heterocycles. The van der Waals surface area contributed by atoms with Crippen molar-refractivity contribution in [2.24, 2.45) is 0 Å². The molecular formula is C11H11NO4. The lowest BCUT2D eigenvalue weighted by Gasteiger charge is -2.07. The summed E-state index contributed by atoms with van der Waals surface area (Å²) in [6.45, 7) is 0.235. The zero-order chi connectivity index (χ0) is 11.2. The van der Waals surface area contributed by atoms with E-state index in [1.54, 1.807) is 0 Å². The van der Waals surface area contributed by atoms with Gasteiger partial charge in [-0.25, -0.2) is 0 Å². The summed E-state index contributed by atoms with van der Waals surface area (Å²) in [5.41, 5.74) is 0.228. The second-order valence-electron chi connectivity index (χ2n) is 4.35. The van der Waals surface area contributed by atoms with Crippen LogP contribution >= 0.6 is 0 Å². The van der Waals surface area contributed by atoms with Crippen LogP contribution in [0.15, 0.2) is 18.2 Å². The molecule has 0 atom stereocenters. The van der Waals surface area contributed by atoms with E-state index in [1.807, 2.05) is 18.2 Å². The minimum absolute atomic E-state index is 0.155. The number of fused-ring (bicyclic) bond motifs is 1. The number of hydrogen-bond acceptors (Lipinski definition) is 4. The van der Waals surface area contributed by atoms with Crippen LogP contribution in [0.4, 0.5) is 0 Å². The Morgan fingerprint density at radius 3 is 2.75 bits per heavy atom. The molecule has 84 valence electrons. The molecule has 1 fully saturated rings. The Hall–Kier alpha value is -1.78. The molecule has 0 spiro atoms. The maximum atomic E-state index is 10.9. The monoisotopic (exact) mass is 221 g/mol. The van der Waals surface area contributed by atoms with Crippen LogP contribution < -0.4 is 9.47 Å². The van der Waals surface area contributed by atoms with Gasteiger partial charge in [0.05, 0.1) is 0 Å². The summed E-state index contributed by atoms with van der Waals surface area (Å²) >= 11 is 0. The van der Waals surface area contributed by atoms with Crippen LogP contribution in [0, 0.1) is 10.1 Å². The van der Waals surface area contributed by atoms with Crippen molar-refractivity contribution in [2.75, 3.05) is 6.79 Å². The second-order valence-corrected chi connectivity index (χ2v) is 4.35. The Morgan fingerprint density at radius 2 is 2.06 bits per heavy atom. The van der Waals surface area contributed by atoms with Gasteiger partial charge >= 0.3 is 0 Å². The summed E-state index contributed by atoms with van der Waals surface area (Å²) < 4.78 is 10.4. The summed E-state index contributed by atoms with van der Waals surface area (Å²) in [6, 6.07) is 5.52. The van der Waals surface area contributed by atoms with Gasteiger partial charge in [-0.15, -0.1) is 0 Å². The molecular weight excluding hydrogens is 210 g/mol. The second kappa shape index (κ2) is 3.10. The van der Waals surface area contributed by atoms with Crippen LogP contribution in [0.2, 0.25) is 0 Å². The highest BCUT2D eigenvalue weighted by molar-refractivity contribution is 5.45. The number of rotatable bonds is 3. The summed E-state index contributed by atoms with van der Waals surface area (Å²) in [4.78, 5) is 10.7. The topological polar surface area (TPSA) is 61.6 Å². The fraction of sp³-hybridized carbons (Fsp3) is 0.455. The Bertz CT molecular complexity index is 453. The zero-order valence-corrected chi connectivity index (χ0v) is 8.64. The zero-order valence-electron chi connectivity index (χ0n) is 8.64. The Morgan fingerprint density at radius 1 is 1.31 bits per heavy atom. The van der Waals surface area contributed by atoms with Crippen molar-refractivity contribution in [1.82, 2.24) is 0 Å². The highest BCUT2D eigenvalue weighted by Gasteiger charge is 2.55. The average Bonchev–Trinajstić information content (AvgIpc) is 2.90. The molecule has 1 heterocycles. The van der Waals surface area contributed by atoms with Crippen LogP contribution in [0.25, 0.3) is 0 Å². The first-order chi connectivity index (χ1) is 7.70. The van der Waals surface area contributed by atoms with Crippen molar-refractivity contribution < 1.29 is 14.4 Å². The smallest absolute Gasteiger partial charge is 0.231 e. The van der Waals surface area contributed by atoms with Crippen molar-refractivity contribution in [3.8, 4) is 11.5 Å². The fourth-order valence-corrected chi connectivity index (χ4v) is 2.00. The van der Waals surface area contributed by atoms with E-state index in [-0.39, 0.29) is 11.7 Å².